The van der Waals surface area contributed by atoms with Gasteiger partial charge in [0.1, 0.15) is 72.2 Å². The molecule has 47 nitrogen and oxygen atoms in total. The normalized spacial score (nSPS) is 27.9. The van der Waals surface area contributed by atoms with Crippen LogP contribution < -0.4 is 49.0 Å². The van der Waals surface area contributed by atoms with Crippen molar-refractivity contribution >= 4 is 68.3 Å². The molecule has 5 aliphatic rings. The average Bonchev–Trinajstić information content (AvgIpc) is 1.67. The zero-order chi connectivity index (χ0) is 94.3. The number of hydrogen-bond acceptors (Lipinski definition) is 40. The molecule has 23 atom stereocenters. The summed E-state index contributed by atoms with van der Waals surface area (Å²) in [6, 6.07) is 15.8. The third-order valence-corrected chi connectivity index (χ3v) is 24.6. The molecule has 5 fully saturated rings. The molecule has 2 amide bonds. The monoisotopic (exact) mass is 1890 g/mol. The van der Waals surface area contributed by atoms with Crippen molar-refractivity contribution in [3.05, 3.63) is 150 Å². The second-order valence-electron chi connectivity index (χ2n) is 29.1. The second-order valence-corrected chi connectivity index (χ2v) is 36.8. The Morgan fingerprint density at radius 3 is 0.841 bits per heavy atom. The maximum atomic E-state index is 12.7. The smallest absolute Gasteiger partial charge is 0.475 e. The van der Waals surface area contributed by atoms with Crippen LogP contribution in [0.15, 0.2) is 123 Å². The minimum Gasteiger partial charge on any atom is -0.756 e. The second kappa shape index (κ2) is 49.2. The molecule has 5 saturated heterocycles. The van der Waals surface area contributed by atoms with E-state index in [1.165, 1.54) is 107 Å². The summed E-state index contributed by atoms with van der Waals surface area (Å²) in [6.45, 7) is 15.0. The van der Waals surface area contributed by atoms with Gasteiger partial charge in [0.25, 0.3) is 66.4 Å². The van der Waals surface area contributed by atoms with E-state index < -0.39 is 212 Å². The number of carbonyl (C=O) groups excluding carboxylic acids is 5. The van der Waals surface area contributed by atoms with E-state index in [2.05, 4.69) is 27.1 Å². The number of nitrogens with zero attached hydrogens (tertiary/aromatic N) is 5. The number of aromatic nitrogens is 5. The Balaban J connectivity index is 0.000000243. The lowest BCUT2D eigenvalue weighted by Gasteiger charge is -2.26. The molecule has 8 unspecified atom stereocenters. The maximum absolute atomic E-state index is 12.7. The number of rotatable bonds is 38. The van der Waals surface area contributed by atoms with E-state index >= 15 is 0 Å². The van der Waals surface area contributed by atoms with Crippen molar-refractivity contribution in [2.45, 2.75) is 224 Å². The number of hydrogen-bond donors (Lipinski definition) is 12. The quantitative estimate of drug-likeness (QED) is 0.0122. The number of Topliss-reactive ketones (excluding diaryl/α,β-unsaturated/α-hetero) is 3. The van der Waals surface area contributed by atoms with E-state index in [0.717, 1.165) is 14.2 Å². The Morgan fingerprint density at radius 2 is 0.603 bits per heavy atom. The van der Waals surface area contributed by atoms with Crippen molar-refractivity contribution in [3.8, 4) is 0 Å². The molecule has 52 heteroatoms. The van der Waals surface area contributed by atoms with Gasteiger partial charge in [0.2, 0.25) is 0 Å². The van der Waals surface area contributed by atoms with Gasteiger partial charge in [0, 0.05) is 44.6 Å². The van der Waals surface area contributed by atoms with Crippen LogP contribution in [-0.2, 0) is 101 Å². The Hall–Kier alpha value is -6.35. The highest BCUT2D eigenvalue weighted by Gasteiger charge is 2.54. The van der Waals surface area contributed by atoms with Crippen LogP contribution in [0, 0.1) is 0 Å². The number of ether oxygens (including phenoxy) is 5. The van der Waals surface area contributed by atoms with Gasteiger partial charge >= 0.3 is 15.6 Å². The van der Waals surface area contributed by atoms with Crippen LogP contribution in [0.25, 0.3) is 0 Å². The molecule has 0 bridgehead atoms. The minimum atomic E-state index is -4.53. The van der Waals surface area contributed by atoms with Crippen molar-refractivity contribution in [3.63, 3.8) is 0 Å². The number of aliphatic hydroxyl groups is 10. The molecule has 14 N–H and O–H groups in total. The van der Waals surface area contributed by atoms with Gasteiger partial charge in [-0.1, -0.05) is 6.92 Å². The highest BCUT2D eigenvalue weighted by molar-refractivity contribution is 7.48. The van der Waals surface area contributed by atoms with Crippen molar-refractivity contribution in [2.75, 3.05) is 60.5 Å². The van der Waals surface area contributed by atoms with E-state index in [4.69, 9.17) is 62.3 Å². The molecule has 0 aliphatic carbocycles. The molecular weight excluding hydrogens is 1780 g/mol. The van der Waals surface area contributed by atoms with E-state index in [1.807, 2.05) is 0 Å². The van der Waals surface area contributed by atoms with Crippen LogP contribution in [0.3, 0.4) is 0 Å². The highest BCUT2D eigenvalue weighted by atomic mass is 31.2. The lowest BCUT2D eigenvalue weighted by Crippen LogP contribution is -2.46. The Labute approximate surface area is 724 Å². The Morgan fingerprint density at radius 1 is 0.365 bits per heavy atom. The lowest BCUT2D eigenvalue weighted by molar-refractivity contribution is -0.766. The molecule has 10 heterocycles. The molecular formula is C74H112N7O40P5+2. The first kappa shape index (κ1) is 108. The molecule has 0 spiro atoms. The van der Waals surface area contributed by atoms with Crippen LogP contribution >= 0.6 is 39.1 Å². The van der Waals surface area contributed by atoms with Gasteiger partial charge in [-0.2, -0.15) is 22.8 Å². The van der Waals surface area contributed by atoms with Gasteiger partial charge in [-0.05, 0) is 106 Å². The number of primary amides is 2. The van der Waals surface area contributed by atoms with Crippen LogP contribution in [-0.4, -0.2) is 251 Å². The molecule has 126 heavy (non-hydrogen) atoms. The first-order valence-corrected chi connectivity index (χ1v) is 46.3. The number of ketones is 3. The third kappa shape index (κ3) is 32.0. The fraction of sp³-hybridized carbons (Fsp3) is 0.595. The van der Waals surface area contributed by atoms with Gasteiger partial charge < -0.3 is 128 Å². The first-order valence-electron chi connectivity index (χ1n) is 39.0. The first-order chi connectivity index (χ1) is 58.9. The Kier molecular flexibility index (Phi) is 42.4. The van der Waals surface area contributed by atoms with E-state index in [9.17, 15) is 113 Å². The third-order valence-electron chi connectivity index (χ3n) is 18.2. The number of phosphoric ester groups is 5. The Bertz CT molecular complexity index is 4620. The zero-order valence-electron chi connectivity index (χ0n) is 70.8. The molecule has 0 aromatic carbocycles. The number of nitrogens with two attached hydrogens (primary N) is 2. The SMILES string of the molecule is CC(=O)c1ccc[n+](C2O[C@H](COP(=O)([O-])OC(C)C)[C@@H](O)[C@H]2O)c1.CC(C)OP(=O)(OC[C@H]1OC([n+]2cccc(C(N)=O)c2)[C@H](O)[C@@H]1O)OC(C)C.CCCOP(=O)([O-])OC[C@H]1OC([n+]2cccc(C(C)=O)c2)[C@H](O)[C@@H]1O.CCOP(=O)([O-])OC[C@H]1OC([n+]2cccc(C(C)=O)c2)[C@H](O)[C@@H]1O.COP(=O)(OC)OC[C@H]1OC([n+]2cccc(C(N)=O)c2)[C@H](O)[C@@H]1O. The van der Waals surface area contributed by atoms with E-state index in [-0.39, 0.29) is 54.9 Å². The minimum absolute atomic E-state index is 0.00616. The summed E-state index contributed by atoms with van der Waals surface area (Å²) in [5.41, 5.74) is 12.1. The molecule has 10 rings (SSSR count). The molecule has 0 saturated carbocycles. The summed E-state index contributed by atoms with van der Waals surface area (Å²) in [7, 11) is -18.8. The lowest BCUT2D eigenvalue weighted by atomic mass is 10.1. The molecule has 706 valence electrons. The van der Waals surface area contributed by atoms with Crippen LogP contribution in [0.1, 0.15) is 166 Å². The maximum Gasteiger partial charge on any atom is 0.475 e. The fourth-order valence-corrected chi connectivity index (χ4v) is 16.7. The van der Waals surface area contributed by atoms with Crippen molar-refractivity contribution in [2.24, 2.45) is 11.5 Å². The summed E-state index contributed by atoms with van der Waals surface area (Å²) in [5, 5.41) is 102. The number of amides is 2. The van der Waals surface area contributed by atoms with Crippen molar-refractivity contribution in [1.82, 2.24) is 0 Å². The number of pyridine rings is 5. The van der Waals surface area contributed by atoms with Gasteiger partial charge in [0.15, 0.2) is 110 Å². The van der Waals surface area contributed by atoms with Crippen molar-refractivity contribution < 1.29 is 213 Å². The topological polar surface area (TPSA) is 671 Å². The van der Waals surface area contributed by atoms with Crippen LogP contribution in [0.5, 0.6) is 0 Å². The van der Waals surface area contributed by atoms with Gasteiger partial charge in [0.05, 0.1) is 81.3 Å². The zero-order valence-corrected chi connectivity index (χ0v) is 75.3. The standard InChI is InChI=1S/C17H27N2O8P.2C15H22NO8P.C14H20NO8P.C13H19N2O8P/c1-10(2)26-28(23,27-11(3)4)24-9-13-14(20)15(21)17(25-13)19-7-5-6-12(8-19)16(18)22;1-9(2)24-25(20,21)22-8-12-13(18)14(19)15(23-12)16-6-4-5-11(7-16)10(3)17;1-3-7-22-25(20,21)23-9-12-13(18)14(19)15(24-12)16-6-4-5-11(8-16)10(2)17;1-3-21-24(19,20)22-8-11-12(17)13(18)14(23-11)15-6-4-5-10(7-15)9(2)16;1-20-24(19,21-2)22-7-9-10(16)11(17)13(23-9)15-5-3-4-8(6-15)12(14)18/h5-8,10-11,13-15,17,20-21H,9H2,1-4H3,(H-,18,22);4-7,9,12-15,18-19H,8H2,1-3H3;4-6,8,12-15,18-19H,3,7,9H2,1-2H3;4-7,11-14,17-18H,3,8H2,1-2H3;3-6,9-11,13,16-17H,7H2,1-2H3,(H-,14,18)/p+2/t13-,14-,15-,17?;2*12-,13-,14-,15?;11-,12-,13-,14?;9-,10-,11-,13?/m11111/s1. The van der Waals surface area contributed by atoms with E-state index in [1.54, 1.807) is 114 Å². The fourth-order valence-electron chi connectivity index (χ4n) is 12.1. The summed E-state index contributed by atoms with van der Waals surface area (Å²) >= 11 is 0. The van der Waals surface area contributed by atoms with Gasteiger partial charge in [-0.15, -0.1) is 0 Å². The largest absolute Gasteiger partial charge is 0.756 e. The summed E-state index contributed by atoms with van der Waals surface area (Å²) in [4.78, 5) is 91.5. The predicted octanol–water partition coefficient (Wildman–Crippen LogP) is -1.49. The van der Waals surface area contributed by atoms with Gasteiger partial charge in [-0.3, -0.25) is 64.8 Å². The highest BCUT2D eigenvalue weighted by Crippen LogP contribution is 2.53. The van der Waals surface area contributed by atoms with Crippen LogP contribution in [0.4, 0.5) is 0 Å². The van der Waals surface area contributed by atoms with Crippen molar-refractivity contribution in [1.29, 1.82) is 0 Å². The van der Waals surface area contributed by atoms with Crippen LogP contribution in [0.2, 0.25) is 0 Å². The van der Waals surface area contributed by atoms with Gasteiger partial charge in [-0.25, -0.2) is 9.13 Å². The number of carbonyl (C=O) groups is 5. The molecule has 5 aromatic rings. The predicted molar refractivity (Wildman–Crippen MR) is 418 cm³/mol. The van der Waals surface area contributed by atoms with E-state index in [0.29, 0.717) is 23.1 Å². The average molecular weight is 1890 g/mol. The summed E-state index contributed by atoms with van der Waals surface area (Å²) < 4.78 is 152. The molecule has 5 aromatic heterocycles. The molecule has 5 aliphatic heterocycles. The number of phosphoric acid groups is 5. The number of aliphatic hydroxyl groups excluding tert-OH is 10. The summed E-state index contributed by atoms with van der Waals surface area (Å²) in [6.07, 6.45) is -9.22. The summed E-state index contributed by atoms with van der Waals surface area (Å²) in [5.74, 6) is -1.78. The molecule has 0 radical (unpaired) electrons.